The highest BCUT2D eigenvalue weighted by Crippen LogP contribution is 2.02. The van der Waals surface area contributed by atoms with E-state index in [1.54, 1.807) is 21.7 Å². The van der Waals surface area contributed by atoms with Crippen LogP contribution in [-0.4, -0.2) is 122 Å². The summed E-state index contributed by atoms with van der Waals surface area (Å²) in [5, 5.41) is 26.6. The Hall–Kier alpha value is -0.290. The van der Waals surface area contributed by atoms with Crippen LogP contribution in [0.3, 0.4) is 0 Å². The largest absolute Gasteiger partial charge is 0.480 e. The first kappa shape index (κ1) is 25.7. The van der Waals surface area contributed by atoms with Crippen molar-refractivity contribution in [3.05, 3.63) is 0 Å². The maximum Gasteiger partial charge on any atom is 0.317 e. The Morgan fingerprint density at radius 3 is 1.65 bits per heavy atom. The van der Waals surface area contributed by atoms with E-state index in [1.165, 1.54) is 0 Å². The molecule has 0 amide bonds. The van der Waals surface area contributed by atoms with E-state index in [9.17, 15) is 14.4 Å². The van der Waals surface area contributed by atoms with Crippen molar-refractivity contribution >= 4 is 63.4 Å². The Labute approximate surface area is 180 Å². The second-order valence-corrected chi connectivity index (χ2v) is 7.82. The van der Waals surface area contributed by atoms with Crippen molar-refractivity contribution in [1.29, 1.82) is 0 Å². The molecule has 0 saturated carbocycles. The third kappa shape index (κ3) is 14.8. The minimum atomic E-state index is -0.926. The zero-order valence-electron chi connectivity index (χ0n) is 14.7. The van der Waals surface area contributed by atoms with E-state index in [0.29, 0.717) is 43.8 Å². The van der Waals surface area contributed by atoms with Crippen molar-refractivity contribution < 1.29 is 29.7 Å². The molecule has 0 atom stereocenters. The van der Waals surface area contributed by atoms with Crippen molar-refractivity contribution in [3.8, 4) is 0 Å². The normalized spacial score (nSPS) is 11.7. The topological polar surface area (TPSA) is 125 Å². The Morgan fingerprint density at radius 2 is 1.15 bits per heavy atom. The van der Waals surface area contributed by atoms with Crippen LogP contribution in [0.25, 0.3) is 0 Å². The molecule has 152 valence electrons. The van der Waals surface area contributed by atoms with E-state index >= 15 is 0 Å². The molecule has 26 heavy (non-hydrogen) atoms. The predicted octanol–water partition coefficient (Wildman–Crippen LogP) is -0.179. The molecule has 3 N–H and O–H groups in total. The van der Waals surface area contributed by atoms with E-state index in [0.717, 1.165) is 0 Å². The van der Waals surface area contributed by atoms with Crippen molar-refractivity contribution in [2.45, 2.75) is 0 Å². The third-order valence-electron chi connectivity index (χ3n) is 3.41. The van der Waals surface area contributed by atoms with Crippen LogP contribution in [0.5, 0.6) is 0 Å². The standard InChI is InChI=1S/C14H26I2N4O6/c1-17(8-12(21)22)2-6-20(16)7-5-18(9-13(23)24)3-4-19(11-15)10-14(25)26/h2-11H2,1H3,(H,21,22)(H,23,24)(H,25,26). The molecule has 10 nitrogen and oxygen atoms in total. The molecule has 0 aliphatic heterocycles. The molecular weight excluding hydrogens is 574 g/mol. The molecule has 0 spiro atoms. The molecule has 0 aliphatic carbocycles. The third-order valence-corrected chi connectivity index (χ3v) is 5.34. The van der Waals surface area contributed by atoms with E-state index < -0.39 is 17.9 Å². The highest BCUT2D eigenvalue weighted by Gasteiger charge is 2.15. The summed E-state index contributed by atoms with van der Waals surface area (Å²) in [7, 11) is 1.73. The molecule has 0 aromatic heterocycles. The fraction of sp³-hybridized carbons (Fsp3) is 0.786. The summed E-state index contributed by atoms with van der Waals surface area (Å²) in [5.74, 6) is -2.71. The van der Waals surface area contributed by atoms with Gasteiger partial charge in [0.25, 0.3) is 0 Å². The molecule has 0 unspecified atom stereocenters. The van der Waals surface area contributed by atoms with Gasteiger partial charge in [-0.1, -0.05) is 22.6 Å². The Bertz CT molecular complexity index is 457. The summed E-state index contributed by atoms with van der Waals surface area (Å²) in [4.78, 5) is 37.7. The lowest BCUT2D eigenvalue weighted by molar-refractivity contribution is -0.140. The summed E-state index contributed by atoms with van der Waals surface area (Å²) in [5.41, 5.74) is 0. The van der Waals surface area contributed by atoms with E-state index in [1.807, 2.05) is 3.11 Å². The number of hydrogen-bond acceptors (Lipinski definition) is 7. The van der Waals surface area contributed by atoms with Crippen LogP contribution in [0.2, 0.25) is 0 Å². The van der Waals surface area contributed by atoms with Gasteiger partial charge in [-0.25, -0.2) is 3.11 Å². The minimum absolute atomic E-state index is 0.0225. The number of halogens is 2. The van der Waals surface area contributed by atoms with Crippen molar-refractivity contribution in [3.63, 3.8) is 0 Å². The lowest BCUT2D eigenvalue weighted by Crippen LogP contribution is -2.42. The zero-order valence-corrected chi connectivity index (χ0v) is 19.0. The van der Waals surface area contributed by atoms with Crippen molar-refractivity contribution in [2.75, 3.05) is 70.5 Å². The molecule has 0 aliphatic rings. The molecule has 0 radical (unpaired) electrons. The summed E-state index contributed by atoms with van der Waals surface area (Å²) in [6, 6.07) is 0. The number of rotatable bonds is 16. The van der Waals surface area contributed by atoms with Crippen LogP contribution in [0.15, 0.2) is 0 Å². The first-order valence-corrected chi connectivity index (χ1v) is 10.4. The van der Waals surface area contributed by atoms with E-state index in [-0.39, 0.29) is 19.6 Å². The smallest absolute Gasteiger partial charge is 0.317 e. The van der Waals surface area contributed by atoms with Crippen LogP contribution in [0.1, 0.15) is 0 Å². The number of likely N-dealkylation sites (N-methyl/N-ethyl adjacent to an activating group) is 1. The average molecular weight is 600 g/mol. The fourth-order valence-electron chi connectivity index (χ4n) is 2.07. The van der Waals surface area contributed by atoms with Gasteiger partial charge in [0.2, 0.25) is 0 Å². The molecule has 0 rings (SSSR count). The van der Waals surface area contributed by atoms with Gasteiger partial charge in [0, 0.05) is 62.1 Å². The van der Waals surface area contributed by atoms with Crippen LogP contribution in [0.4, 0.5) is 0 Å². The monoisotopic (exact) mass is 600 g/mol. The first-order valence-electron chi connectivity index (χ1n) is 7.89. The maximum absolute atomic E-state index is 11.0. The fourth-order valence-corrected chi connectivity index (χ4v) is 3.08. The molecule has 0 bridgehead atoms. The van der Waals surface area contributed by atoms with Gasteiger partial charge in [-0.15, -0.1) is 0 Å². The summed E-state index contributed by atoms with van der Waals surface area (Å²) in [6.45, 7) is 3.14. The number of hydrogen-bond donors (Lipinski definition) is 3. The minimum Gasteiger partial charge on any atom is -0.480 e. The van der Waals surface area contributed by atoms with Gasteiger partial charge < -0.3 is 15.3 Å². The summed E-state index contributed by atoms with van der Waals surface area (Å²) >= 11 is 4.22. The summed E-state index contributed by atoms with van der Waals surface area (Å²) < 4.78 is 2.54. The van der Waals surface area contributed by atoms with Crippen LogP contribution < -0.4 is 0 Å². The van der Waals surface area contributed by atoms with Crippen LogP contribution in [-0.2, 0) is 14.4 Å². The highest BCUT2D eigenvalue weighted by molar-refractivity contribution is 14.1. The molecule has 0 aromatic carbocycles. The average Bonchev–Trinajstić information content (AvgIpc) is 2.52. The Balaban J connectivity index is 4.32. The van der Waals surface area contributed by atoms with Gasteiger partial charge in [0.05, 0.1) is 24.2 Å². The Morgan fingerprint density at radius 1 is 0.731 bits per heavy atom. The molecule has 0 saturated heterocycles. The van der Waals surface area contributed by atoms with Gasteiger partial charge in [-0.3, -0.25) is 29.1 Å². The maximum atomic E-state index is 11.0. The second kappa shape index (κ2) is 14.7. The van der Waals surface area contributed by atoms with Crippen LogP contribution in [0, 0.1) is 0 Å². The van der Waals surface area contributed by atoms with Gasteiger partial charge in [-0.05, 0) is 7.05 Å². The molecular formula is C14H26I2N4O6. The number of nitrogens with zero attached hydrogens (tertiary/aromatic N) is 4. The second-order valence-electron chi connectivity index (χ2n) is 5.78. The highest BCUT2D eigenvalue weighted by atomic mass is 127. The zero-order chi connectivity index (χ0) is 20.1. The molecule has 0 aromatic rings. The summed E-state index contributed by atoms with van der Waals surface area (Å²) in [6.07, 6.45) is 0. The number of carboxylic acid groups (broad SMARTS) is 3. The quantitative estimate of drug-likeness (QED) is 0.0952. The van der Waals surface area contributed by atoms with Crippen molar-refractivity contribution in [1.82, 2.24) is 17.8 Å². The van der Waals surface area contributed by atoms with Gasteiger partial charge >= 0.3 is 17.9 Å². The lowest BCUT2D eigenvalue weighted by atomic mass is 10.4. The van der Waals surface area contributed by atoms with Crippen LogP contribution >= 0.6 is 45.5 Å². The van der Waals surface area contributed by atoms with E-state index in [4.69, 9.17) is 15.3 Å². The molecule has 0 heterocycles. The Kier molecular flexibility index (Phi) is 14.6. The number of aliphatic carboxylic acids is 3. The first-order chi connectivity index (χ1) is 12.1. The van der Waals surface area contributed by atoms with Gasteiger partial charge in [-0.2, -0.15) is 0 Å². The number of alkyl halides is 1. The lowest BCUT2D eigenvalue weighted by Gasteiger charge is -2.26. The molecule has 12 heteroatoms. The molecule has 0 fully saturated rings. The van der Waals surface area contributed by atoms with Crippen molar-refractivity contribution in [2.24, 2.45) is 0 Å². The van der Waals surface area contributed by atoms with Gasteiger partial charge in [0.1, 0.15) is 0 Å². The number of carboxylic acids is 3. The SMILES string of the molecule is CN(CCN(I)CCN(CCN(CI)CC(=O)O)CC(=O)O)CC(=O)O. The number of carbonyl (C=O) groups is 3. The predicted molar refractivity (Wildman–Crippen MR) is 113 cm³/mol. The van der Waals surface area contributed by atoms with Gasteiger partial charge in [0.15, 0.2) is 0 Å². The van der Waals surface area contributed by atoms with E-state index in [2.05, 4.69) is 45.5 Å².